The number of hydrogen-bond acceptors (Lipinski definition) is 6. The molecule has 3 aromatic rings. The van der Waals surface area contributed by atoms with Crippen molar-refractivity contribution in [3.05, 3.63) is 53.9 Å². The van der Waals surface area contributed by atoms with Gasteiger partial charge in [-0.1, -0.05) is 12.1 Å². The number of ether oxygens (including phenoxy) is 1. The summed E-state index contributed by atoms with van der Waals surface area (Å²) in [5, 5.41) is 2.41. The SMILES string of the molecule is CC(C)(C)OC(=O)N(c1ccc(N)cc1)c1nc(-c2ccc(N)cc2)cs1. The molecule has 0 aliphatic heterocycles. The Morgan fingerprint density at radius 1 is 1.00 bits per heavy atom. The summed E-state index contributed by atoms with van der Waals surface area (Å²) in [4.78, 5) is 18.9. The molecular weight excluding hydrogens is 360 g/mol. The van der Waals surface area contributed by atoms with Gasteiger partial charge in [-0.05, 0) is 57.2 Å². The maximum Gasteiger partial charge on any atom is 0.421 e. The molecule has 0 spiro atoms. The smallest absolute Gasteiger partial charge is 0.421 e. The first-order valence-corrected chi connectivity index (χ1v) is 9.31. The Morgan fingerprint density at radius 2 is 1.56 bits per heavy atom. The Kier molecular flexibility index (Phi) is 5.05. The van der Waals surface area contributed by atoms with Crippen molar-refractivity contribution >= 4 is 39.6 Å². The van der Waals surface area contributed by atoms with E-state index in [1.807, 2.05) is 50.4 Å². The summed E-state index contributed by atoms with van der Waals surface area (Å²) < 4.78 is 5.58. The third kappa shape index (κ3) is 4.57. The van der Waals surface area contributed by atoms with Crippen LogP contribution in [0.5, 0.6) is 0 Å². The van der Waals surface area contributed by atoms with E-state index in [4.69, 9.17) is 16.2 Å². The molecule has 4 N–H and O–H groups in total. The van der Waals surface area contributed by atoms with Gasteiger partial charge in [0, 0.05) is 22.3 Å². The lowest BCUT2D eigenvalue weighted by molar-refractivity contribution is 0.0599. The number of aromatic nitrogens is 1. The van der Waals surface area contributed by atoms with Crippen LogP contribution in [0.1, 0.15) is 20.8 Å². The van der Waals surface area contributed by atoms with Gasteiger partial charge < -0.3 is 16.2 Å². The van der Waals surface area contributed by atoms with Crippen LogP contribution in [0.15, 0.2) is 53.9 Å². The first kappa shape index (κ1) is 18.7. The van der Waals surface area contributed by atoms with Crippen molar-refractivity contribution in [1.82, 2.24) is 4.98 Å². The molecule has 0 fully saturated rings. The monoisotopic (exact) mass is 382 g/mol. The third-order valence-electron chi connectivity index (χ3n) is 3.62. The second-order valence-electron chi connectivity index (χ2n) is 7.04. The van der Waals surface area contributed by atoms with Crippen LogP contribution in [0.4, 0.5) is 27.0 Å². The van der Waals surface area contributed by atoms with Crippen molar-refractivity contribution in [1.29, 1.82) is 0 Å². The normalized spacial score (nSPS) is 11.2. The summed E-state index contributed by atoms with van der Waals surface area (Å²) in [6.45, 7) is 5.48. The van der Waals surface area contributed by atoms with Crippen LogP contribution in [0.2, 0.25) is 0 Å². The Morgan fingerprint density at radius 3 is 2.11 bits per heavy atom. The maximum atomic E-state index is 12.9. The van der Waals surface area contributed by atoms with Gasteiger partial charge in [-0.15, -0.1) is 11.3 Å². The number of thiazole rings is 1. The zero-order valence-electron chi connectivity index (χ0n) is 15.5. The number of nitrogens with zero attached hydrogens (tertiary/aromatic N) is 2. The Hall–Kier alpha value is -3.06. The van der Waals surface area contributed by atoms with Crippen LogP contribution in [0, 0.1) is 0 Å². The molecule has 3 rings (SSSR count). The zero-order valence-corrected chi connectivity index (χ0v) is 16.3. The van der Waals surface area contributed by atoms with Crippen LogP contribution in [-0.4, -0.2) is 16.7 Å². The van der Waals surface area contributed by atoms with Gasteiger partial charge in [-0.3, -0.25) is 0 Å². The van der Waals surface area contributed by atoms with E-state index in [-0.39, 0.29) is 0 Å². The quantitative estimate of drug-likeness (QED) is 0.618. The lowest BCUT2D eigenvalue weighted by atomic mass is 10.1. The van der Waals surface area contributed by atoms with Gasteiger partial charge >= 0.3 is 6.09 Å². The van der Waals surface area contributed by atoms with Crippen molar-refractivity contribution in [2.45, 2.75) is 26.4 Å². The molecular formula is C20H22N4O2S. The van der Waals surface area contributed by atoms with Crippen molar-refractivity contribution in [2.75, 3.05) is 16.4 Å². The summed E-state index contributed by atoms with van der Waals surface area (Å²) in [5.74, 6) is 0. The summed E-state index contributed by atoms with van der Waals surface area (Å²) >= 11 is 1.36. The molecule has 0 aliphatic carbocycles. The first-order valence-electron chi connectivity index (χ1n) is 8.43. The number of amides is 1. The molecule has 0 radical (unpaired) electrons. The summed E-state index contributed by atoms with van der Waals surface area (Å²) in [6.07, 6.45) is -0.495. The molecule has 2 aromatic carbocycles. The minimum Gasteiger partial charge on any atom is -0.443 e. The average molecular weight is 382 g/mol. The van der Waals surface area contributed by atoms with Crippen LogP contribution in [0.25, 0.3) is 11.3 Å². The fourth-order valence-corrected chi connectivity index (χ4v) is 3.22. The zero-order chi connectivity index (χ0) is 19.6. The largest absolute Gasteiger partial charge is 0.443 e. The van der Waals surface area contributed by atoms with Crippen LogP contribution >= 0.6 is 11.3 Å². The second kappa shape index (κ2) is 7.28. The van der Waals surface area contributed by atoms with Gasteiger partial charge in [0.15, 0.2) is 5.13 Å². The van der Waals surface area contributed by atoms with E-state index >= 15 is 0 Å². The number of benzene rings is 2. The van der Waals surface area contributed by atoms with E-state index in [0.29, 0.717) is 22.2 Å². The van der Waals surface area contributed by atoms with E-state index in [0.717, 1.165) is 11.3 Å². The van der Waals surface area contributed by atoms with Gasteiger partial charge in [-0.25, -0.2) is 14.7 Å². The lowest BCUT2D eigenvalue weighted by Gasteiger charge is -2.25. The fourth-order valence-electron chi connectivity index (χ4n) is 2.38. The molecule has 140 valence electrons. The van der Waals surface area contributed by atoms with Crippen LogP contribution < -0.4 is 16.4 Å². The maximum absolute atomic E-state index is 12.9. The van der Waals surface area contributed by atoms with Crippen molar-refractivity contribution in [3.8, 4) is 11.3 Å². The lowest BCUT2D eigenvalue weighted by Crippen LogP contribution is -2.33. The van der Waals surface area contributed by atoms with E-state index in [1.54, 1.807) is 24.3 Å². The Labute approximate surface area is 162 Å². The minimum atomic E-state index is -0.625. The highest BCUT2D eigenvalue weighted by Crippen LogP contribution is 2.34. The first-order chi connectivity index (χ1) is 12.7. The van der Waals surface area contributed by atoms with Crippen LogP contribution in [-0.2, 0) is 4.74 Å². The highest BCUT2D eigenvalue weighted by Gasteiger charge is 2.27. The average Bonchev–Trinajstić information content (AvgIpc) is 3.05. The Bertz CT molecular complexity index is 928. The molecule has 1 aromatic heterocycles. The Balaban J connectivity index is 1.99. The predicted molar refractivity (Wildman–Crippen MR) is 111 cm³/mol. The van der Waals surface area contributed by atoms with Crippen molar-refractivity contribution < 1.29 is 9.53 Å². The molecule has 0 saturated carbocycles. The number of hydrogen-bond donors (Lipinski definition) is 2. The molecule has 0 bridgehead atoms. The molecule has 27 heavy (non-hydrogen) atoms. The molecule has 6 nitrogen and oxygen atoms in total. The van der Waals surface area contributed by atoms with Gasteiger partial charge in [0.1, 0.15) is 5.60 Å². The van der Waals surface area contributed by atoms with E-state index in [1.165, 1.54) is 16.2 Å². The van der Waals surface area contributed by atoms with E-state index in [9.17, 15) is 4.79 Å². The molecule has 7 heteroatoms. The third-order valence-corrected chi connectivity index (χ3v) is 4.44. The molecule has 0 aliphatic rings. The summed E-state index contributed by atoms with van der Waals surface area (Å²) in [5.41, 5.74) is 14.5. The number of carbonyl (C=O) groups is 1. The van der Waals surface area contributed by atoms with Gasteiger partial charge in [0.25, 0.3) is 0 Å². The summed E-state index contributed by atoms with van der Waals surface area (Å²) in [6, 6.07) is 14.4. The van der Waals surface area contributed by atoms with Gasteiger partial charge in [-0.2, -0.15) is 0 Å². The van der Waals surface area contributed by atoms with Crippen molar-refractivity contribution in [3.63, 3.8) is 0 Å². The second-order valence-corrected chi connectivity index (χ2v) is 7.88. The minimum absolute atomic E-state index is 0.495. The molecule has 0 unspecified atom stereocenters. The number of nitrogens with two attached hydrogens (primary N) is 2. The van der Waals surface area contributed by atoms with Crippen molar-refractivity contribution in [2.24, 2.45) is 0 Å². The standard InChI is InChI=1S/C20H22N4O2S/c1-20(2,3)26-19(25)24(16-10-8-15(22)9-11-16)18-23-17(12-27-18)13-4-6-14(21)7-5-13/h4-12H,21-22H2,1-3H3. The molecule has 0 saturated heterocycles. The van der Waals surface area contributed by atoms with Crippen LogP contribution in [0.3, 0.4) is 0 Å². The predicted octanol–water partition coefficient (Wildman–Crippen LogP) is 5.05. The topological polar surface area (TPSA) is 94.5 Å². The molecule has 1 heterocycles. The highest BCUT2D eigenvalue weighted by molar-refractivity contribution is 7.14. The highest BCUT2D eigenvalue weighted by atomic mass is 32.1. The number of anilines is 4. The van der Waals surface area contributed by atoms with E-state index in [2.05, 4.69) is 4.98 Å². The fraction of sp³-hybridized carbons (Fsp3) is 0.200. The number of carbonyl (C=O) groups excluding carboxylic acids is 1. The molecule has 1 amide bonds. The number of rotatable bonds is 3. The summed E-state index contributed by atoms with van der Waals surface area (Å²) in [7, 11) is 0. The van der Waals surface area contributed by atoms with Gasteiger partial charge in [0.2, 0.25) is 0 Å². The van der Waals surface area contributed by atoms with E-state index < -0.39 is 11.7 Å². The molecule has 0 atom stereocenters. The van der Waals surface area contributed by atoms with Gasteiger partial charge in [0.05, 0.1) is 11.4 Å². The number of nitrogen functional groups attached to an aromatic ring is 2.